The number of nitrogens with one attached hydrogen (secondary N) is 2. The summed E-state index contributed by atoms with van der Waals surface area (Å²) in [7, 11) is 3.52. The molecule has 0 bridgehead atoms. The number of benzene rings is 1. The fraction of sp³-hybridized carbons (Fsp3) is 0.375. The van der Waals surface area contributed by atoms with Gasteiger partial charge in [-0.05, 0) is 39.1 Å². The summed E-state index contributed by atoms with van der Waals surface area (Å²) in [4.78, 5) is 16.3. The summed E-state index contributed by atoms with van der Waals surface area (Å²) >= 11 is 1.42. The number of aromatic nitrogens is 1. The number of carbonyl (C=O) groups excluding carboxylic acids is 1. The largest absolute Gasteiger partial charge is 0.496 e. The van der Waals surface area contributed by atoms with Crippen LogP contribution < -0.4 is 15.4 Å². The van der Waals surface area contributed by atoms with E-state index >= 15 is 0 Å². The highest BCUT2D eigenvalue weighted by Gasteiger charge is 2.11. The second kappa shape index (κ2) is 9.50. The Kier molecular flexibility index (Phi) is 8.02. The van der Waals surface area contributed by atoms with Gasteiger partial charge in [-0.15, -0.1) is 23.7 Å². The van der Waals surface area contributed by atoms with E-state index in [1.54, 1.807) is 7.11 Å². The lowest BCUT2D eigenvalue weighted by molar-refractivity contribution is -0.116. The first-order valence-electron chi connectivity index (χ1n) is 7.19. The molecule has 0 saturated heterocycles. The highest BCUT2D eigenvalue weighted by atomic mass is 35.5. The molecule has 1 aromatic carbocycles. The van der Waals surface area contributed by atoms with Crippen LogP contribution in [0.2, 0.25) is 0 Å². The number of hydrogen-bond acceptors (Lipinski definition) is 5. The third-order valence-electron chi connectivity index (χ3n) is 3.21. The maximum atomic E-state index is 11.8. The highest BCUT2D eigenvalue weighted by molar-refractivity contribution is 7.14. The number of aryl methyl sites for hydroxylation is 1. The Morgan fingerprint density at radius 2 is 2.17 bits per heavy atom. The van der Waals surface area contributed by atoms with E-state index in [-0.39, 0.29) is 18.3 Å². The van der Waals surface area contributed by atoms with Crippen molar-refractivity contribution in [1.82, 2.24) is 10.3 Å². The Morgan fingerprint density at radius 1 is 1.39 bits per heavy atom. The van der Waals surface area contributed by atoms with Gasteiger partial charge in [0.2, 0.25) is 5.91 Å². The van der Waals surface area contributed by atoms with Crippen LogP contribution in [0.1, 0.15) is 18.4 Å². The predicted molar refractivity (Wildman–Crippen MR) is 97.9 cm³/mol. The minimum atomic E-state index is -0.00708. The molecular formula is C16H22ClN3O2S. The van der Waals surface area contributed by atoms with Crippen molar-refractivity contribution >= 4 is 34.8 Å². The molecule has 23 heavy (non-hydrogen) atoms. The minimum absolute atomic E-state index is 0. The number of nitrogens with zero attached hydrogens (tertiary/aromatic N) is 1. The molecule has 0 saturated carbocycles. The van der Waals surface area contributed by atoms with Crippen LogP contribution >= 0.6 is 23.7 Å². The van der Waals surface area contributed by atoms with Crippen LogP contribution in [0.5, 0.6) is 5.75 Å². The molecule has 0 fully saturated rings. The minimum Gasteiger partial charge on any atom is -0.496 e. The summed E-state index contributed by atoms with van der Waals surface area (Å²) in [6, 6.07) is 5.96. The number of carbonyl (C=O) groups is 1. The summed E-state index contributed by atoms with van der Waals surface area (Å²) in [6.45, 7) is 2.86. The van der Waals surface area contributed by atoms with Crippen molar-refractivity contribution < 1.29 is 9.53 Å². The van der Waals surface area contributed by atoms with Gasteiger partial charge in [0.25, 0.3) is 0 Å². The van der Waals surface area contributed by atoms with Gasteiger partial charge in [0.05, 0.1) is 12.8 Å². The molecule has 5 nitrogen and oxygen atoms in total. The molecule has 7 heteroatoms. The molecule has 2 rings (SSSR count). The van der Waals surface area contributed by atoms with E-state index in [4.69, 9.17) is 4.74 Å². The molecule has 126 valence electrons. The number of rotatable bonds is 7. The first-order valence-corrected chi connectivity index (χ1v) is 8.07. The maximum absolute atomic E-state index is 11.8. The lowest BCUT2D eigenvalue weighted by Gasteiger charge is -2.07. The summed E-state index contributed by atoms with van der Waals surface area (Å²) in [5.74, 6) is 0.773. The lowest BCUT2D eigenvalue weighted by Crippen LogP contribution is -2.15. The fourth-order valence-electron chi connectivity index (χ4n) is 2.08. The van der Waals surface area contributed by atoms with Gasteiger partial charge in [-0.3, -0.25) is 4.79 Å². The lowest BCUT2D eigenvalue weighted by atomic mass is 10.1. The summed E-state index contributed by atoms with van der Waals surface area (Å²) in [5.41, 5.74) is 2.90. The normalized spacial score (nSPS) is 10.0. The Bertz CT molecular complexity index is 646. The highest BCUT2D eigenvalue weighted by Crippen LogP contribution is 2.32. The average Bonchev–Trinajstić information content (AvgIpc) is 2.95. The zero-order chi connectivity index (χ0) is 15.9. The molecule has 0 aliphatic heterocycles. The molecule has 0 atom stereocenters. The van der Waals surface area contributed by atoms with E-state index in [1.165, 1.54) is 11.3 Å². The Balaban J connectivity index is 0.00000264. The number of ether oxygens (including phenoxy) is 1. The van der Waals surface area contributed by atoms with E-state index in [2.05, 4.69) is 15.6 Å². The SMILES string of the molecule is CNCCCC(=O)Nc1nc(-c2cc(C)ccc2OC)cs1.Cl. The Morgan fingerprint density at radius 3 is 2.87 bits per heavy atom. The van der Waals surface area contributed by atoms with Crippen molar-refractivity contribution in [3.8, 4) is 17.0 Å². The maximum Gasteiger partial charge on any atom is 0.226 e. The van der Waals surface area contributed by atoms with Gasteiger partial charge >= 0.3 is 0 Å². The van der Waals surface area contributed by atoms with Gasteiger partial charge in [0.15, 0.2) is 5.13 Å². The molecule has 0 radical (unpaired) electrons. The Labute approximate surface area is 146 Å². The van der Waals surface area contributed by atoms with Crippen LogP contribution in [0, 0.1) is 6.92 Å². The van der Waals surface area contributed by atoms with E-state index in [0.717, 1.165) is 35.5 Å². The Hall–Kier alpha value is -1.63. The molecule has 0 spiro atoms. The molecule has 1 heterocycles. The van der Waals surface area contributed by atoms with Crippen molar-refractivity contribution in [3.05, 3.63) is 29.1 Å². The van der Waals surface area contributed by atoms with Crippen molar-refractivity contribution in [1.29, 1.82) is 0 Å². The quantitative estimate of drug-likeness (QED) is 0.746. The van der Waals surface area contributed by atoms with Crippen LogP contribution in [0.25, 0.3) is 11.3 Å². The average molecular weight is 356 g/mol. The number of methoxy groups -OCH3 is 1. The predicted octanol–water partition coefficient (Wildman–Crippen LogP) is 3.49. The van der Waals surface area contributed by atoms with Crippen LogP contribution in [0.4, 0.5) is 5.13 Å². The number of anilines is 1. The van der Waals surface area contributed by atoms with Crippen LogP contribution in [-0.4, -0.2) is 31.6 Å². The van der Waals surface area contributed by atoms with Crippen molar-refractivity contribution in [2.75, 3.05) is 26.0 Å². The van der Waals surface area contributed by atoms with Crippen LogP contribution in [0.15, 0.2) is 23.6 Å². The fourth-order valence-corrected chi connectivity index (χ4v) is 2.81. The molecule has 0 aliphatic carbocycles. The second-order valence-corrected chi connectivity index (χ2v) is 5.86. The zero-order valence-corrected chi connectivity index (χ0v) is 15.1. The standard InChI is InChI=1S/C16H21N3O2S.ClH/c1-11-6-7-14(21-3)12(9-11)13-10-22-16(18-13)19-15(20)5-4-8-17-2;/h6-7,9-10,17H,4-5,8H2,1-3H3,(H,18,19,20);1H. The molecular weight excluding hydrogens is 334 g/mol. The number of hydrogen-bond donors (Lipinski definition) is 2. The van der Waals surface area contributed by atoms with Crippen molar-refractivity contribution in [3.63, 3.8) is 0 Å². The zero-order valence-electron chi connectivity index (χ0n) is 13.5. The monoisotopic (exact) mass is 355 g/mol. The van der Waals surface area contributed by atoms with Crippen LogP contribution in [-0.2, 0) is 4.79 Å². The molecule has 0 unspecified atom stereocenters. The molecule has 0 aliphatic rings. The topological polar surface area (TPSA) is 63.2 Å². The van der Waals surface area contributed by atoms with Crippen molar-refractivity contribution in [2.45, 2.75) is 19.8 Å². The van der Waals surface area contributed by atoms with E-state index in [9.17, 15) is 4.79 Å². The third-order valence-corrected chi connectivity index (χ3v) is 3.97. The molecule has 2 aromatic rings. The van der Waals surface area contributed by atoms with Gasteiger partial charge in [0.1, 0.15) is 5.75 Å². The second-order valence-electron chi connectivity index (χ2n) is 5.00. The molecule has 2 N–H and O–H groups in total. The van der Waals surface area contributed by atoms with E-state index < -0.39 is 0 Å². The first-order chi connectivity index (χ1) is 10.6. The third kappa shape index (κ3) is 5.49. The molecule has 1 aromatic heterocycles. The van der Waals surface area contributed by atoms with Gasteiger partial charge < -0.3 is 15.4 Å². The number of thiazole rings is 1. The van der Waals surface area contributed by atoms with E-state index in [1.807, 2.05) is 37.6 Å². The smallest absolute Gasteiger partial charge is 0.226 e. The number of halogens is 1. The number of amides is 1. The van der Waals surface area contributed by atoms with Crippen molar-refractivity contribution in [2.24, 2.45) is 0 Å². The summed E-state index contributed by atoms with van der Waals surface area (Å²) in [6.07, 6.45) is 1.30. The van der Waals surface area contributed by atoms with Crippen LogP contribution in [0.3, 0.4) is 0 Å². The summed E-state index contributed by atoms with van der Waals surface area (Å²) in [5, 5.41) is 8.42. The summed E-state index contributed by atoms with van der Waals surface area (Å²) < 4.78 is 5.38. The van der Waals surface area contributed by atoms with Gasteiger partial charge in [-0.1, -0.05) is 11.6 Å². The van der Waals surface area contributed by atoms with Gasteiger partial charge in [-0.25, -0.2) is 4.98 Å². The van der Waals surface area contributed by atoms with Gasteiger partial charge in [-0.2, -0.15) is 0 Å². The van der Waals surface area contributed by atoms with E-state index in [0.29, 0.717) is 11.6 Å². The first kappa shape index (κ1) is 19.4. The van der Waals surface area contributed by atoms with Gasteiger partial charge in [0, 0.05) is 17.4 Å². The molecule has 1 amide bonds.